The molecule has 41 heavy (non-hydrogen) atoms. The van der Waals surface area contributed by atoms with Crippen LogP contribution < -0.4 is 19.6 Å². The Kier molecular flexibility index (Phi) is 7.77. The van der Waals surface area contributed by atoms with Crippen LogP contribution in [0.25, 0.3) is 22.3 Å². The van der Waals surface area contributed by atoms with Gasteiger partial charge in [0.15, 0.2) is 16.9 Å². The summed E-state index contributed by atoms with van der Waals surface area (Å²) < 4.78 is 25.3. The Hall–Kier alpha value is -5.29. The molecular weight excluding hydrogens is 512 g/mol. The first-order chi connectivity index (χ1) is 20.2. The number of ether oxygens (including phenoxy) is 3. The van der Waals surface area contributed by atoms with Crippen LogP contribution >= 0.6 is 0 Å². The number of benzene rings is 5. The van der Waals surface area contributed by atoms with Crippen LogP contribution in [0.2, 0.25) is 0 Å². The largest absolute Gasteiger partial charge is 0.485 e. The second-order valence-corrected chi connectivity index (χ2v) is 9.60. The molecule has 0 saturated heterocycles. The van der Waals surface area contributed by atoms with E-state index in [9.17, 15) is 4.79 Å². The summed E-state index contributed by atoms with van der Waals surface area (Å²) in [6, 6.07) is 42.2. The maximum absolute atomic E-state index is 12.9. The van der Waals surface area contributed by atoms with Gasteiger partial charge in [-0.25, -0.2) is 0 Å². The molecule has 0 atom stereocenters. The van der Waals surface area contributed by atoms with Gasteiger partial charge in [-0.3, -0.25) is 4.79 Å². The zero-order chi connectivity index (χ0) is 27.9. The quantitative estimate of drug-likeness (QED) is 0.175. The summed E-state index contributed by atoms with van der Waals surface area (Å²) in [6.07, 6.45) is 0. The van der Waals surface area contributed by atoms with Gasteiger partial charge in [0.1, 0.15) is 31.2 Å². The standard InChI is InChI=1S/C36H28O5/c37-31-22-33(41-32-19-11-10-18-30(31)32)29-20-34(38-23-26-12-4-1-5-13-26)36(40-25-28-16-8-3-9-17-28)35(21-29)39-24-27-14-6-2-7-15-27/h1-22H,23-25H2. The molecule has 0 bridgehead atoms. The number of para-hydroxylation sites is 1. The first-order valence-corrected chi connectivity index (χ1v) is 13.4. The normalized spacial score (nSPS) is 10.8. The van der Waals surface area contributed by atoms with E-state index >= 15 is 0 Å². The van der Waals surface area contributed by atoms with Crippen molar-refractivity contribution in [1.82, 2.24) is 0 Å². The van der Waals surface area contributed by atoms with Crippen molar-refractivity contribution < 1.29 is 18.6 Å². The van der Waals surface area contributed by atoms with Crippen LogP contribution in [0.1, 0.15) is 16.7 Å². The predicted molar refractivity (Wildman–Crippen MR) is 160 cm³/mol. The van der Waals surface area contributed by atoms with E-state index in [4.69, 9.17) is 18.6 Å². The van der Waals surface area contributed by atoms with Crippen LogP contribution in [0, 0.1) is 0 Å². The van der Waals surface area contributed by atoms with Gasteiger partial charge in [0, 0.05) is 11.6 Å². The topological polar surface area (TPSA) is 57.9 Å². The monoisotopic (exact) mass is 540 g/mol. The highest BCUT2D eigenvalue weighted by molar-refractivity contribution is 5.79. The Bertz CT molecular complexity index is 1730. The van der Waals surface area contributed by atoms with Crippen LogP contribution in [0.15, 0.2) is 143 Å². The third-order valence-electron chi connectivity index (χ3n) is 6.64. The molecule has 1 heterocycles. The second kappa shape index (κ2) is 12.3. The summed E-state index contributed by atoms with van der Waals surface area (Å²) in [5.74, 6) is 1.87. The van der Waals surface area contributed by atoms with Crippen molar-refractivity contribution >= 4 is 11.0 Å². The Morgan fingerprint density at radius 1 is 0.512 bits per heavy atom. The Labute approximate surface area is 238 Å². The van der Waals surface area contributed by atoms with Gasteiger partial charge in [-0.05, 0) is 41.0 Å². The van der Waals surface area contributed by atoms with Crippen LogP contribution in [-0.4, -0.2) is 0 Å². The summed E-state index contributed by atoms with van der Waals surface area (Å²) in [4.78, 5) is 12.9. The fraction of sp³-hybridized carbons (Fsp3) is 0.0833. The van der Waals surface area contributed by atoms with Gasteiger partial charge in [0.05, 0.1) is 5.39 Å². The van der Waals surface area contributed by atoms with Crippen LogP contribution in [0.5, 0.6) is 17.2 Å². The number of rotatable bonds is 10. The van der Waals surface area contributed by atoms with Crippen molar-refractivity contribution in [3.63, 3.8) is 0 Å². The number of hydrogen-bond acceptors (Lipinski definition) is 5. The summed E-state index contributed by atoms with van der Waals surface area (Å²) in [5.41, 5.74) is 4.07. The minimum Gasteiger partial charge on any atom is -0.485 e. The average Bonchev–Trinajstić information content (AvgIpc) is 3.03. The number of hydrogen-bond donors (Lipinski definition) is 0. The Morgan fingerprint density at radius 3 is 1.51 bits per heavy atom. The molecule has 0 aliphatic rings. The van der Waals surface area contributed by atoms with Crippen molar-refractivity contribution in [2.45, 2.75) is 19.8 Å². The predicted octanol–water partition coefficient (Wildman–Crippen LogP) is 8.20. The second-order valence-electron chi connectivity index (χ2n) is 9.60. The number of fused-ring (bicyclic) bond motifs is 1. The fourth-order valence-corrected chi connectivity index (χ4v) is 4.52. The summed E-state index contributed by atoms with van der Waals surface area (Å²) in [7, 11) is 0. The average molecular weight is 541 g/mol. The third-order valence-corrected chi connectivity index (χ3v) is 6.64. The highest BCUT2D eigenvalue weighted by atomic mass is 16.5. The molecule has 5 aromatic carbocycles. The zero-order valence-electron chi connectivity index (χ0n) is 22.4. The molecule has 0 radical (unpaired) electrons. The van der Waals surface area contributed by atoms with Crippen molar-refractivity contribution in [3.8, 4) is 28.6 Å². The van der Waals surface area contributed by atoms with Gasteiger partial charge in [-0.1, -0.05) is 103 Å². The zero-order valence-corrected chi connectivity index (χ0v) is 22.4. The van der Waals surface area contributed by atoms with E-state index in [1.807, 2.05) is 115 Å². The Balaban J connectivity index is 1.44. The molecule has 5 nitrogen and oxygen atoms in total. The molecule has 1 aromatic heterocycles. The summed E-state index contributed by atoms with van der Waals surface area (Å²) in [6.45, 7) is 0.978. The molecule has 0 aliphatic heterocycles. The maximum Gasteiger partial charge on any atom is 0.203 e. The van der Waals surface area contributed by atoms with Crippen molar-refractivity contribution in [2.24, 2.45) is 0 Å². The van der Waals surface area contributed by atoms with Crippen molar-refractivity contribution in [1.29, 1.82) is 0 Å². The van der Waals surface area contributed by atoms with Crippen molar-refractivity contribution in [3.05, 3.63) is 160 Å². The molecule has 0 saturated carbocycles. The molecule has 0 unspecified atom stereocenters. The van der Waals surface area contributed by atoms with Crippen LogP contribution in [-0.2, 0) is 19.8 Å². The van der Waals surface area contributed by atoms with Gasteiger partial charge >= 0.3 is 0 Å². The van der Waals surface area contributed by atoms with Gasteiger partial charge in [0.25, 0.3) is 0 Å². The minimum atomic E-state index is -0.121. The molecule has 5 heteroatoms. The fourth-order valence-electron chi connectivity index (χ4n) is 4.52. The first kappa shape index (κ1) is 26.0. The van der Waals surface area contributed by atoms with E-state index in [0.29, 0.717) is 59.4 Å². The van der Waals surface area contributed by atoms with E-state index in [1.165, 1.54) is 6.07 Å². The first-order valence-electron chi connectivity index (χ1n) is 13.4. The van der Waals surface area contributed by atoms with Gasteiger partial charge in [-0.2, -0.15) is 0 Å². The van der Waals surface area contributed by atoms with E-state index in [-0.39, 0.29) is 5.43 Å². The molecule has 0 fully saturated rings. The smallest absolute Gasteiger partial charge is 0.203 e. The lowest BCUT2D eigenvalue weighted by Crippen LogP contribution is -2.05. The summed E-state index contributed by atoms with van der Waals surface area (Å²) in [5, 5.41) is 0.528. The molecule has 6 aromatic rings. The van der Waals surface area contributed by atoms with Crippen molar-refractivity contribution in [2.75, 3.05) is 0 Å². The molecule has 0 amide bonds. The molecule has 0 N–H and O–H groups in total. The molecule has 0 aliphatic carbocycles. The van der Waals surface area contributed by atoms with E-state index in [1.54, 1.807) is 12.1 Å². The van der Waals surface area contributed by atoms with Crippen LogP contribution in [0.4, 0.5) is 0 Å². The van der Waals surface area contributed by atoms with E-state index in [2.05, 4.69) is 0 Å². The van der Waals surface area contributed by atoms with Gasteiger partial charge in [0.2, 0.25) is 5.75 Å². The molecule has 202 valence electrons. The highest BCUT2D eigenvalue weighted by Crippen LogP contribution is 2.43. The van der Waals surface area contributed by atoms with Gasteiger partial charge < -0.3 is 18.6 Å². The van der Waals surface area contributed by atoms with Gasteiger partial charge in [-0.15, -0.1) is 0 Å². The third kappa shape index (κ3) is 6.31. The lowest BCUT2D eigenvalue weighted by Gasteiger charge is -2.19. The summed E-state index contributed by atoms with van der Waals surface area (Å²) >= 11 is 0. The van der Waals surface area contributed by atoms with E-state index in [0.717, 1.165) is 16.7 Å². The lowest BCUT2D eigenvalue weighted by atomic mass is 10.1. The molecule has 0 spiro atoms. The highest BCUT2D eigenvalue weighted by Gasteiger charge is 2.19. The van der Waals surface area contributed by atoms with E-state index < -0.39 is 0 Å². The molecular formula is C36H28O5. The SMILES string of the molecule is O=c1cc(-c2cc(OCc3ccccc3)c(OCc3ccccc3)c(OCc3ccccc3)c2)oc2ccccc12. The Morgan fingerprint density at radius 2 is 0.976 bits per heavy atom. The maximum atomic E-state index is 12.9. The lowest BCUT2D eigenvalue weighted by molar-refractivity contribution is 0.230. The molecule has 6 rings (SSSR count). The van der Waals surface area contributed by atoms with Crippen LogP contribution in [0.3, 0.4) is 0 Å². The minimum absolute atomic E-state index is 0.121.